The summed E-state index contributed by atoms with van der Waals surface area (Å²) in [5.41, 5.74) is 2.81. The van der Waals surface area contributed by atoms with Gasteiger partial charge in [-0.05, 0) is 24.3 Å². The van der Waals surface area contributed by atoms with Crippen molar-refractivity contribution in [2.75, 3.05) is 0 Å². The van der Waals surface area contributed by atoms with Crippen LogP contribution in [0, 0.1) is 0 Å². The van der Waals surface area contributed by atoms with Crippen LogP contribution in [-0.4, -0.2) is 12.1 Å². The molecule has 2 aliphatic rings. The molecule has 2 heterocycles. The highest BCUT2D eigenvalue weighted by Crippen LogP contribution is 2.29. The van der Waals surface area contributed by atoms with Crippen LogP contribution in [0.5, 0.6) is 0 Å². The third-order valence-corrected chi connectivity index (χ3v) is 2.32. The Kier molecular flexibility index (Phi) is 1.75. The van der Waals surface area contributed by atoms with Crippen LogP contribution in [0.25, 0.3) is 0 Å². The van der Waals surface area contributed by atoms with Crippen LogP contribution >= 0.6 is 0 Å². The van der Waals surface area contributed by atoms with Crippen molar-refractivity contribution in [1.82, 2.24) is 5.32 Å². The normalized spacial score (nSPS) is 16.8. The second-order valence-corrected chi connectivity index (χ2v) is 3.33. The number of hydrogen-bond acceptors (Lipinski definition) is 3. The van der Waals surface area contributed by atoms with Crippen molar-refractivity contribution in [3.63, 3.8) is 0 Å². The quantitative estimate of drug-likeness (QED) is 0.678. The first-order valence-electron chi connectivity index (χ1n) is 4.79. The van der Waals surface area contributed by atoms with Crippen LogP contribution in [0.15, 0.2) is 58.2 Å². The number of nitrogens with one attached hydrogen (secondary N) is 1. The molecule has 0 fully saturated rings. The molecule has 0 saturated heterocycles. The Balaban J connectivity index is 2.20. The van der Waals surface area contributed by atoms with E-state index in [1.807, 2.05) is 48.8 Å². The van der Waals surface area contributed by atoms with Gasteiger partial charge in [0, 0.05) is 18.0 Å². The van der Waals surface area contributed by atoms with Crippen molar-refractivity contribution in [3.05, 3.63) is 48.2 Å². The van der Waals surface area contributed by atoms with E-state index >= 15 is 0 Å². The second kappa shape index (κ2) is 3.20. The predicted molar refractivity (Wildman–Crippen MR) is 62.0 cm³/mol. The van der Waals surface area contributed by atoms with Gasteiger partial charge < -0.3 is 5.32 Å². The van der Waals surface area contributed by atoms with E-state index in [2.05, 4.69) is 15.3 Å². The summed E-state index contributed by atoms with van der Waals surface area (Å²) in [6, 6.07) is 7.85. The summed E-state index contributed by atoms with van der Waals surface area (Å²) < 4.78 is 0. The zero-order valence-corrected chi connectivity index (χ0v) is 8.01. The Bertz CT molecular complexity index is 521. The monoisotopic (exact) mass is 195 g/mol. The molecule has 0 atom stereocenters. The third-order valence-electron chi connectivity index (χ3n) is 2.32. The number of fused-ring (bicyclic) bond motifs is 2. The Labute approximate surface area is 87.6 Å². The lowest BCUT2D eigenvalue weighted by Gasteiger charge is -2.08. The lowest BCUT2D eigenvalue weighted by atomic mass is 10.2. The fourth-order valence-corrected chi connectivity index (χ4v) is 1.57. The van der Waals surface area contributed by atoms with E-state index in [0.717, 1.165) is 22.8 Å². The molecule has 3 heteroatoms. The van der Waals surface area contributed by atoms with Gasteiger partial charge in [-0.1, -0.05) is 12.1 Å². The van der Waals surface area contributed by atoms with Gasteiger partial charge in [-0.2, -0.15) is 0 Å². The SMILES string of the molecule is C1=CNC2=Nc3ccccc3N=CC2=C1. The number of dihydropyridines is 1. The van der Waals surface area contributed by atoms with Gasteiger partial charge in [-0.25, -0.2) is 4.99 Å². The minimum absolute atomic E-state index is 0.853. The van der Waals surface area contributed by atoms with E-state index in [1.165, 1.54) is 0 Å². The minimum Gasteiger partial charge on any atom is -0.346 e. The summed E-state index contributed by atoms with van der Waals surface area (Å²) in [6.07, 6.45) is 7.63. The number of allylic oxidation sites excluding steroid dienone is 2. The van der Waals surface area contributed by atoms with E-state index < -0.39 is 0 Å². The fraction of sp³-hybridized carbons (Fsp3) is 0. The number of amidine groups is 1. The van der Waals surface area contributed by atoms with Crippen LogP contribution in [0.3, 0.4) is 0 Å². The Hall–Kier alpha value is -2.16. The molecule has 1 aromatic carbocycles. The first-order chi connectivity index (χ1) is 7.43. The smallest absolute Gasteiger partial charge is 0.139 e. The van der Waals surface area contributed by atoms with Crippen LogP contribution in [0.4, 0.5) is 11.4 Å². The zero-order valence-electron chi connectivity index (χ0n) is 8.01. The molecular formula is C12H9N3. The molecular weight excluding hydrogens is 186 g/mol. The first-order valence-corrected chi connectivity index (χ1v) is 4.79. The van der Waals surface area contributed by atoms with Gasteiger partial charge in [-0.3, -0.25) is 4.99 Å². The minimum atomic E-state index is 0.853. The van der Waals surface area contributed by atoms with E-state index in [-0.39, 0.29) is 0 Å². The van der Waals surface area contributed by atoms with Crippen LogP contribution in [-0.2, 0) is 0 Å². The second-order valence-electron chi connectivity index (χ2n) is 3.33. The first kappa shape index (κ1) is 8.17. The van der Waals surface area contributed by atoms with Gasteiger partial charge in [0.25, 0.3) is 0 Å². The lowest BCUT2D eigenvalue weighted by Crippen LogP contribution is -2.22. The summed E-state index contributed by atoms with van der Waals surface area (Å²) >= 11 is 0. The Morgan fingerprint density at radius 1 is 1.07 bits per heavy atom. The summed E-state index contributed by atoms with van der Waals surface area (Å²) in [4.78, 5) is 8.91. The van der Waals surface area contributed by atoms with Gasteiger partial charge in [-0.15, -0.1) is 0 Å². The number of para-hydroxylation sites is 2. The molecule has 1 aromatic rings. The van der Waals surface area contributed by atoms with Crippen LogP contribution in [0.1, 0.15) is 0 Å². The molecule has 3 rings (SSSR count). The number of benzene rings is 1. The van der Waals surface area contributed by atoms with E-state index in [4.69, 9.17) is 0 Å². The summed E-state index contributed by atoms with van der Waals surface area (Å²) in [7, 11) is 0. The Morgan fingerprint density at radius 2 is 1.93 bits per heavy atom. The molecule has 3 nitrogen and oxygen atoms in total. The largest absolute Gasteiger partial charge is 0.346 e. The molecule has 0 saturated carbocycles. The highest BCUT2D eigenvalue weighted by Gasteiger charge is 2.11. The standard InChI is InChI=1S/C12H9N3/c1-2-6-11-10(5-1)14-8-9-4-3-7-13-12(9)15-11/h1-8H,(H,13,15). The molecule has 0 bridgehead atoms. The molecule has 2 aliphatic heterocycles. The molecule has 15 heavy (non-hydrogen) atoms. The average Bonchev–Trinajstić information content (AvgIpc) is 2.48. The molecule has 0 aromatic heterocycles. The maximum absolute atomic E-state index is 4.52. The summed E-state index contributed by atoms with van der Waals surface area (Å²) in [5.74, 6) is 0.853. The van der Waals surface area contributed by atoms with Crippen molar-refractivity contribution in [2.24, 2.45) is 9.98 Å². The van der Waals surface area contributed by atoms with Crippen LogP contribution in [0.2, 0.25) is 0 Å². The number of hydrogen-bond donors (Lipinski definition) is 1. The molecule has 72 valence electrons. The highest BCUT2D eigenvalue weighted by atomic mass is 15.0. The lowest BCUT2D eigenvalue weighted by molar-refractivity contribution is 1.24. The number of rotatable bonds is 0. The molecule has 0 aliphatic carbocycles. The highest BCUT2D eigenvalue weighted by molar-refractivity contribution is 6.18. The molecule has 1 N–H and O–H groups in total. The zero-order chi connectivity index (χ0) is 10.1. The third kappa shape index (κ3) is 1.38. The summed E-state index contributed by atoms with van der Waals surface area (Å²) in [5, 5.41) is 3.11. The maximum atomic E-state index is 4.52. The molecule has 0 unspecified atom stereocenters. The van der Waals surface area contributed by atoms with Crippen molar-refractivity contribution >= 4 is 23.4 Å². The van der Waals surface area contributed by atoms with Gasteiger partial charge in [0.05, 0.1) is 11.4 Å². The van der Waals surface area contributed by atoms with Crippen molar-refractivity contribution < 1.29 is 0 Å². The van der Waals surface area contributed by atoms with Crippen molar-refractivity contribution in [2.45, 2.75) is 0 Å². The molecule has 0 radical (unpaired) electrons. The predicted octanol–water partition coefficient (Wildman–Crippen LogP) is 2.48. The van der Waals surface area contributed by atoms with E-state index in [9.17, 15) is 0 Å². The maximum Gasteiger partial charge on any atom is 0.139 e. The fourth-order valence-electron chi connectivity index (χ4n) is 1.57. The van der Waals surface area contributed by atoms with Gasteiger partial charge in [0.1, 0.15) is 5.84 Å². The summed E-state index contributed by atoms with van der Waals surface area (Å²) in [6.45, 7) is 0. The van der Waals surface area contributed by atoms with Crippen molar-refractivity contribution in [3.8, 4) is 0 Å². The average molecular weight is 195 g/mol. The Morgan fingerprint density at radius 3 is 2.87 bits per heavy atom. The molecule has 0 amide bonds. The van der Waals surface area contributed by atoms with Gasteiger partial charge in [0.2, 0.25) is 0 Å². The van der Waals surface area contributed by atoms with E-state index in [1.54, 1.807) is 0 Å². The molecule has 0 spiro atoms. The van der Waals surface area contributed by atoms with E-state index in [0.29, 0.717) is 0 Å². The van der Waals surface area contributed by atoms with Crippen LogP contribution < -0.4 is 5.32 Å². The van der Waals surface area contributed by atoms with Gasteiger partial charge in [0.15, 0.2) is 0 Å². The van der Waals surface area contributed by atoms with Gasteiger partial charge >= 0.3 is 0 Å². The number of aliphatic imine (C=N–C) groups is 2. The van der Waals surface area contributed by atoms with Crippen molar-refractivity contribution in [1.29, 1.82) is 0 Å². The number of nitrogens with zero attached hydrogens (tertiary/aromatic N) is 2. The topological polar surface area (TPSA) is 36.8 Å².